The van der Waals surface area contributed by atoms with E-state index in [1.165, 1.54) is 21.7 Å². The van der Waals surface area contributed by atoms with Crippen LogP contribution >= 0.6 is 11.3 Å². The molecule has 0 bridgehead atoms. The van der Waals surface area contributed by atoms with Gasteiger partial charge in [-0.15, -0.1) is 16.4 Å². The minimum absolute atomic E-state index is 0.722. The average Bonchev–Trinajstić information content (AvgIpc) is 3.15. The van der Waals surface area contributed by atoms with Crippen molar-refractivity contribution in [2.24, 2.45) is 5.92 Å². The van der Waals surface area contributed by atoms with Crippen LogP contribution < -0.4 is 0 Å². The predicted molar refractivity (Wildman–Crippen MR) is 95.8 cm³/mol. The molecular formula is C19H23N3S. The first-order valence-corrected chi connectivity index (χ1v) is 9.01. The molecule has 2 heterocycles. The van der Waals surface area contributed by atoms with E-state index < -0.39 is 0 Å². The highest BCUT2D eigenvalue weighted by atomic mass is 32.1. The number of hydrogen-bond donors (Lipinski definition) is 0. The Hall–Kier alpha value is -1.94. The highest BCUT2D eigenvalue weighted by Gasteiger charge is 2.06. The fraction of sp³-hybridized carbons (Fsp3) is 0.368. The number of hydrogen-bond acceptors (Lipinski definition) is 3. The summed E-state index contributed by atoms with van der Waals surface area (Å²) < 4.78 is 1.92. The van der Waals surface area contributed by atoms with E-state index >= 15 is 0 Å². The third kappa shape index (κ3) is 4.76. The van der Waals surface area contributed by atoms with E-state index in [2.05, 4.69) is 66.8 Å². The lowest BCUT2D eigenvalue weighted by molar-refractivity contribution is 0.649. The van der Waals surface area contributed by atoms with Gasteiger partial charge in [0.05, 0.1) is 12.2 Å². The molecule has 4 heteroatoms. The van der Waals surface area contributed by atoms with Crippen molar-refractivity contribution in [3.05, 3.63) is 69.7 Å². The van der Waals surface area contributed by atoms with Crippen molar-refractivity contribution >= 4 is 11.3 Å². The molecule has 0 aliphatic heterocycles. The molecule has 23 heavy (non-hydrogen) atoms. The lowest BCUT2D eigenvalue weighted by Gasteiger charge is -2.00. The molecule has 3 rings (SSSR count). The second kappa shape index (κ2) is 7.55. The molecule has 0 unspecified atom stereocenters. The predicted octanol–water partition coefficient (Wildman–Crippen LogP) is 4.37. The zero-order valence-electron chi connectivity index (χ0n) is 13.8. The van der Waals surface area contributed by atoms with Crippen LogP contribution in [0.4, 0.5) is 0 Å². The highest BCUT2D eigenvalue weighted by molar-refractivity contribution is 7.11. The van der Waals surface area contributed by atoms with Gasteiger partial charge in [-0.2, -0.15) is 0 Å². The minimum Gasteiger partial charge on any atom is -0.248 e. The third-order valence-corrected chi connectivity index (χ3v) is 4.90. The van der Waals surface area contributed by atoms with Gasteiger partial charge in [0, 0.05) is 16.0 Å². The zero-order valence-corrected chi connectivity index (χ0v) is 14.6. The first-order valence-electron chi connectivity index (χ1n) is 8.19. The number of aryl methyl sites for hydroxylation is 2. The molecule has 0 saturated carbocycles. The van der Waals surface area contributed by atoms with Crippen LogP contribution in [-0.4, -0.2) is 15.0 Å². The normalized spacial score (nSPS) is 11.3. The molecular weight excluding hydrogens is 302 g/mol. The molecule has 0 N–H and O–H groups in total. The monoisotopic (exact) mass is 325 g/mol. The summed E-state index contributed by atoms with van der Waals surface area (Å²) in [6.45, 7) is 5.32. The second-order valence-electron chi connectivity index (χ2n) is 6.36. The van der Waals surface area contributed by atoms with Crippen molar-refractivity contribution in [3.63, 3.8) is 0 Å². The summed E-state index contributed by atoms with van der Waals surface area (Å²) >= 11 is 1.93. The number of benzene rings is 1. The molecule has 0 radical (unpaired) electrons. The number of thiophene rings is 1. The molecule has 0 amide bonds. The van der Waals surface area contributed by atoms with Crippen LogP contribution in [0.2, 0.25) is 0 Å². The van der Waals surface area contributed by atoms with Crippen molar-refractivity contribution in [1.82, 2.24) is 15.0 Å². The molecule has 0 saturated heterocycles. The lowest BCUT2D eigenvalue weighted by atomic mass is 10.1. The summed E-state index contributed by atoms with van der Waals surface area (Å²) in [5.74, 6) is 0.722. The van der Waals surface area contributed by atoms with Gasteiger partial charge in [0.1, 0.15) is 0 Å². The van der Waals surface area contributed by atoms with Gasteiger partial charge in [0.2, 0.25) is 0 Å². The molecule has 2 aromatic heterocycles. The van der Waals surface area contributed by atoms with E-state index in [-0.39, 0.29) is 0 Å². The molecule has 0 atom stereocenters. The number of nitrogens with zero attached hydrogens (tertiary/aromatic N) is 3. The Balaban J connectivity index is 1.54. The standard InChI is InChI=1S/C19H23N3S/c1-15(2)12-19-11-10-18(23-19)9-8-17-14-22(21-20-17)13-16-6-4-3-5-7-16/h3-7,10-11,14-15H,8-9,12-13H2,1-2H3. The maximum Gasteiger partial charge on any atom is 0.0830 e. The fourth-order valence-corrected chi connectivity index (χ4v) is 3.85. The molecule has 0 aliphatic carbocycles. The maximum atomic E-state index is 4.30. The first-order chi connectivity index (χ1) is 11.2. The van der Waals surface area contributed by atoms with Crippen molar-refractivity contribution in [2.75, 3.05) is 0 Å². The number of rotatable bonds is 7. The highest BCUT2D eigenvalue weighted by Crippen LogP contribution is 2.21. The largest absolute Gasteiger partial charge is 0.248 e. The Morgan fingerprint density at radius 2 is 1.78 bits per heavy atom. The average molecular weight is 325 g/mol. The summed E-state index contributed by atoms with van der Waals surface area (Å²) in [6, 6.07) is 14.9. The quantitative estimate of drug-likeness (QED) is 0.646. The van der Waals surface area contributed by atoms with E-state index in [0.29, 0.717) is 0 Å². The maximum absolute atomic E-state index is 4.30. The van der Waals surface area contributed by atoms with Gasteiger partial charge >= 0.3 is 0 Å². The van der Waals surface area contributed by atoms with Gasteiger partial charge in [0.15, 0.2) is 0 Å². The Morgan fingerprint density at radius 3 is 2.57 bits per heavy atom. The Labute approximate surface area is 142 Å². The zero-order chi connectivity index (χ0) is 16.1. The van der Waals surface area contributed by atoms with Crippen molar-refractivity contribution < 1.29 is 0 Å². The smallest absolute Gasteiger partial charge is 0.0830 e. The molecule has 0 aliphatic rings. The summed E-state index contributed by atoms with van der Waals surface area (Å²) in [5, 5.41) is 8.54. The van der Waals surface area contributed by atoms with Gasteiger partial charge in [-0.05, 0) is 42.9 Å². The van der Waals surface area contributed by atoms with Gasteiger partial charge in [-0.3, -0.25) is 0 Å². The van der Waals surface area contributed by atoms with Crippen molar-refractivity contribution in [1.29, 1.82) is 0 Å². The second-order valence-corrected chi connectivity index (χ2v) is 7.61. The van der Waals surface area contributed by atoms with E-state index in [0.717, 1.165) is 31.0 Å². The Kier molecular flexibility index (Phi) is 5.23. The van der Waals surface area contributed by atoms with Crippen LogP contribution in [0.1, 0.15) is 34.9 Å². The molecule has 0 spiro atoms. The third-order valence-electron chi connectivity index (χ3n) is 3.73. The topological polar surface area (TPSA) is 30.7 Å². The van der Waals surface area contributed by atoms with E-state index in [4.69, 9.17) is 0 Å². The summed E-state index contributed by atoms with van der Waals surface area (Å²) in [6.07, 6.45) is 5.25. The Morgan fingerprint density at radius 1 is 1.00 bits per heavy atom. The van der Waals surface area contributed by atoms with Gasteiger partial charge < -0.3 is 0 Å². The molecule has 3 aromatic rings. The van der Waals surface area contributed by atoms with Crippen LogP contribution in [0.5, 0.6) is 0 Å². The van der Waals surface area contributed by atoms with E-state index in [1.54, 1.807) is 0 Å². The fourth-order valence-electron chi connectivity index (χ4n) is 2.62. The lowest BCUT2D eigenvalue weighted by Crippen LogP contribution is -1.99. The molecule has 1 aromatic carbocycles. The van der Waals surface area contributed by atoms with Gasteiger partial charge in [0.25, 0.3) is 0 Å². The van der Waals surface area contributed by atoms with Gasteiger partial charge in [-0.25, -0.2) is 4.68 Å². The van der Waals surface area contributed by atoms with Crippen LogP contribution in [-0.2, 0) is 25.8 Å². The molecule has 3 nitrogen and oxygen atoms in total. The molecule has 0 fully saturated rings. The van der Waals surface area contributed by atoms with Crippen molar-refractivity contribution in [3.8, 4) is 0 Å². The van der Waals surface area contributed by atoms with Crippen molar-refractivity contribution in [2.45, 2.75) is 39.7 Å². The summed E-state index contributed by atoms with van der Waals surface area (Å²) in [5.41, 5.74) is 2.32. The SMILES string of the molecule is CC(C)Cc1ccc(CCc2cn(Cc3ccccc3)nn2)s1. The van der Waals surface area contributed by atoms with Crippen LogP contribution in [0, 0.1) is 5.92 Å². The van der Waals surface area contributed by atoms with E-state index in [9.17, 15) is 0 Å². The van der Waals surface area contributed by atoms with Crippen LogP contribution in [0.15, 0.2) is 48.7 Å². The summed E-state index contributed by atoms with van der Waals surface area (Å²) in [4.78, 5) is 2.93. The summed E-state index contributed by atoms with van der Waals surface area (Å²) in [7, 11) is 0. The van der Waals surface area contributed by atoms with Crippen LogP contribution in [0.25, 0.3) is 0 Å². The van der Waals surface area contributed by atoms with E-state index in [1.807, 2.05) is 22.1 Å². The minimum atomic E-state index is 0.722. The first kappa shape index (κ1) is 15.9. The van der Waals surface area contributed by atoms with Gasteiger partial charge in [-0.1, -0.05) is 49.4 Å². The Bertz CT molecular complexity index is 728. The molecule has 120 valence electrons. The van der Waals surface area contributed by atoms with Crippen LogP contribution in [0.3, 0.4) is 0 Å². The number of aromatic nitrogens is 3.